The Morgan fingerprint density at radius 3 is 2.27 bits per heavy atom. The first kappa shape index (κ1) is 21.5. The zero-order chi connectivity index (χ0) is 22.3. The van der Waals surface area contributed by atoms with Gasteiger partial charge in [0.1, 0.15) is 6.04 Å². The maximum atomic E-state index is 13.5. The third-order valence-electron chi connectivity index (χ3n) is 4.54. The number of alkyl halides is 3. The van der Waals surface area contributed by atoms with E-state index in [2.05, 4.69) is 0 Å². The lowest BCUT2D eigenvalue weighted by Gasteiger charge is -2.21. The number of benzene rings is 2. The van der Waals surface area contributed by atoms with Gasteiger partial charge in [-0.3, -0.25) is 18.7 Å². The van der Waals surface area contributed by atoms with E-state index in [0.29, 0.717) is 11.6 Å². The smallest absolute Gasteiger partial charge is 0.368 e. The van der Waals surface area contributed by atoms with Crippen LogP contribution in [0.25, 0.3) is 10.9 Å². The van der Waals surface area contributed by atoms with E-state index in [9.17, 15) is 35.7 Å². The molecule has 0 fully saturated rings. The van der Waals surface area contributed by atoms with Crippen molar-refractivity contribution in [3.05, 3.63) is 76.1 Å². The molecule has 158 valence electrons. The van der Waals surface area contributed by atoms with E-state index in [1.54, 1.807) is 30.3 Å². The standard InChI is InChI=1S/C19H15F3N2O5S/c20-19(21,22)14-10-17(25)24(15-7-6-12(9-13(14)15)30(27,28)29)16(18(23)26)8-11-4-2-1-3-5-11/h1-7,9-10,16H,8H2,(H2,23,26)(H,27,28,29). The molecule has 2 aromatic carbocycles. The van der Waals surface area contributed by atoms with Gasteiger partial charge in [-0.05, 0) is 23.8 Å². The molecule has 0 bridgehead atoms. The molecule has 0 saturated heterocycles. The molecule has 1 atom stereocenters. The van der Waals surface area contributed by atoms with Crippen LogP contribution >= 0.6 is 0 Å². The zero-order valence-electron chi connectivity index (χ0n) is 15.1. The molecule has 3 N–H and O–H groups in total. The van der Waals surface area contributed by atoms with Crippen LogP contribution in [0.15, 0.2) is 64.3 Å². The molecule has 3 rings (SSSR count). The number of hydrogen-bond acceptors (Lipinski definition) is 4. The van der Waals surface area contributed by atoms with Crippen LogP contribution in [0.5, 0.6) is 0 Å². The number of halogens is 3. The number of amides is 1. The normalized spacial score (nSPS) is 13.3. The summed E-state index contributed by atoms with van der Waals surface area (Å²) in [5.74, 6) is -0.958. The molecule has 1 amide bonds. The summed E-state index contributed by atoms with van der Waals surface area (Å²) < 4.78 is 73.4. The van der Waals surface area contributed by atoms with E-state index in [1.807, 2.05) is 0 Å². The molecule has 1 unspecified atom stereocenters. The number of aromatic nitrogens is 1. The number of primary amides is 1. The molecule has 0 radical (unpaired) electrons. The fraction of sp³-hybridized carbons (Fsp3) is 0.158. The summed E-state index contributed by atoms with van der Waals surface area (Å²) in [6.45, 7) is 0. The van der Waals surface area contributed by atoms with Gasteiger partial charge in [0.15, 0.2) is 0 Å². The van der Waals surface area contributed by atoms with E-state index in [-0.39, 0.29) is 18.0 Å². The highest BCUT2D eigenvalue weighted by molar-refractivity contribution is 7.85. The monoisotopic (exact) mass is 440 g/mol. The van der Waals surface area contributed by atoms with Crippen LogP contribution in [0.2, 0.25) is 0 Å². The lowest BCUT2D eigenvalue weighted by Crippen LogP contribution is -2.36. The third kappa shape index (κ3) is 4.21. The van der Waals surface area contributed by atoms with Gasteiger partial charge in [-0.1, -0.05) is 30.3 Å². The fourth-order valence-electron chi connectivity index (χ4n) is 3.20. The van der Waals surface area contributed by atoms with Crippen LogP contribution in [-0.2, 0) is 27.5 Å². The minimum absolute atomic E-state index is 0.0728. The average Bonchev–Trinajstić information content (AvgIpc) is 2.65. The van der Waals surface area contributed by atoms with Crippen molar-refractivity contribution >= 4 is 26.9 Å². The molecule has 1 heterocycles. The fourth-order valence-corrected chi connectivity index (χ4v) is 3.71. The quantitative estimate of drug-likeness (QED) is 0.591. The second-order valence-corrected chi connectivity index (χ2v) is 7.95. The van der Waals surface area contributed by atoms with Gasteiger partial charge in [0.05, 0.1) is 16.0 Å². The second-order valence-electron chi connectivity index (χ2n) is 6.53. The average molecular weight is 440 g/mol. The molecule has 0 aliphatic carbocycles. The molecule has 1 aromatic heterocycles. The van der Waals surface area contributed by atoms with Crippen molar-refractivity contribution in [2.24, 2.45) is 5.73 Å². The van der Waals surface area contributed by atoms with E-state index in [0.717, 1.165) is 16.7 Å². The second kappa shape index (κ2) is 7.58. The van der Waals surface area contributed by atoms with Gasteiger partial charge in [0.2, 0.25) is 5.91 Å². The molecule has 30 heavy (non-hydrogen) atoms. The number of carbonyl (C=O) groups is 1. The summed E-state index contributed by atoms with van der Waals surface area (Å²) in [6, 6.07) is 9.71. The molecular formula is C19H15F3N2O5S. The molecule has 0 spiro atoms. The highest BCUT2D eigenvalue weighted by Crippen LogP contribution is 2.35. The lowest BCUT2D eigenvalue weighted by molar-refractivity contribution is -0.136. The Labute approximate surface area is 168 Å². The Morgan fingerprint density at radius 1 is 1.10 bits per heavy atom. The number of nitrogens with zero attached hydrogens (tertiary/aromatic N) is 1. The number of hydrogen-bond donors (Lipinski definition) is 2. The maximum absolute atomic E-state index is 13.5. The van der Waals surface area contributed by atoms with Crippen molar-refractivity contribution in [3.63, 3.8) is 0 Å². The molecule has 3 aromatic rings. The Balaban J connectivity index is 2.35. The summed E-state index contributed by atoms with van der Waals surface area (Å²) in [5, 5.41) is -0.670. The van der Waals surface area contributed by atoms with Crippen molar-refractivity contribution < 1.29 is 30.9 Å². The predicted molar refractivity (Wildman–Crippen MR) is 101 cm³/mol. The van der Waals surface area contributed by atoms with Crippen LogP contribution in [0, 0.1) is 0 Å². The first-order valence-electron chi connectivity index (χ1n) is 8.47. The summed E-state index contributed by atoms with van der Waals surface area (Å²) in [7, 11) is -4.81. The summed E-state index contributed by atoms with van der Waals surface area (Å²) >= 11 is 0. The van der Waals surface area contributed by atoms with Crippen molar-refractivity contribution in [3.8, 4) is 0 Å². The highest BCUT2D eigenvalue weighted by Gasteiger charge is 2.35. The van der Waals surface area contributed by atoms with Gasteiger partial charge >= 0.3 is 6.18 Å². The van der Waals surface area contributed by atoms with Crippen molar-refractivity contribution in [2.45, 2.75) is 23.5 Å². The van der Waals surface area contributed by atoms with Gasteiger partial charge in [0.25, 0.3) is 15.7 Å². The predicted octanol–water partition coefficient (Wildman–Crippen LogP) is 2.54. The molecule has 0 aliphatic heterocycles. The molecule has 0 saturated carbocycles. The number of nitrogens with two attached hydrogens (primary N) is 1. The van der Waals surface area contributed by atoms with Gasteiger partial charge in [-0.25, -0.2) is 0 Å². The van der Waals surface area contributed by atoms with E-state index >= 15 is 0 Å². The first-order chi connectivity index (χ1) is 13.9. The number of rotatable bonds is 5. The van der Waals surface area contributed by atoms with Crippen molar-refractivity contribution in [1.29, 1.82) is 0 Å². The van der Waals surface area contributed by atoms with Crippen molar-refractivity contribution in [1.82, 2.24) is 4.57 Å². The lowest BCUT2D eigenvalue weighted by atomic mass is 10.0. The Hall–Kier alpha value is -3.18. The van der Waals surface area contributed by atoms with E-state index in [1.165, 1.54) is 0 Å². The van der Waals surface area contributed by atoms with Crippen LogP contribution in [0.3, 0.4) is 0 Å². The van der Waals surface area contributed by atoms with Crippen LogP contribution < -0.4 is 11.3 Å². The SMILES string of the molecule is NC(=O)C(Cc1ccccc1)n1c(=O)cc(C(F)(F)F)c2cc(S(=O)(=O)O)ccc21. The van der Waals surface area contributed by atoms with Gasteiger partial charge in [-0.15, -0.1) is 0 Å². The summed E-state index contributed by atoms with van der Waals surface area (Å²) in [4.78, 5) is 23.9. The van der Waals surface area contributed by atoms with Gasteiger partial charge in [-0.2, -0.15) is 21.6 Å². The van der Waals surface area contributed by atoms with Crippen molar-refractivity contribution in [2.75, 3.05) is 0 Å². The maximum Gasteiger partial charge on any atom is 0.417 e. The van der Waals surface area contributed by atoms with Crippen LogP contribution in [0.1, 0.15) is 17.2 Å². The van der Waals surface area contributed by atoms with Crippen LogP contribution in [-0.4, -0.2) is 23.4 Å². The van der Waals surface area contributed by atoms with E-state index in [4.69, 9.17) is 5.73 Å². The number of pyridine rings is 1. The molecular weight excluding hydrogens is 425 g/mol. The zero-order valence-corrected chi connectivity index (χ0v) is 15.9. The summed E-state index contributed by atoms with van der Waals surface area (Å²) in [6.07, 6.45) is -5.06. The highest BCUT2D eigenvalue weighted by atomic mass is 32.2. The molecule has 7 nitrogen and oxygen atoms in total. The molecule has 0 aliphatic rings. The Bertz CT molecular complexity index is 1290. The third-order valence-corrected chi connectivity index (χ3v) is 5.39. The van der Waals surface area contributed by atoms with Gasteiger partial charge in [0, 0.05) is 17.9 Å². The Kier molecular flexibility index (Phi) is 5.44. The van der Waals surface area contributed by atoms with Crippen LogP contribution in [0.4, 0.5) is 13.2 Å². The molecule has 11 heteroatoms. The topological polar surface area (TPSA) is 119 Å². The number of fused-ring (bicyclic) bond motifs is 1. The van der Waals surface area contributed by atoms with E-state index < -0.39 is 49.6 Å². The van der Waals surface area contributed by atoms with Gasteiger partial charge < -0.3 is 5.73 Å². The largest absolute Gasteiger partial charge is 0.417 e. The minimum Gasteiger partial charge on any atom is -0.368 e. The first-order valence-corrected chi connectivity index (χ1v) is 9.91. The minimum atomic E-state index is -4.99. The number of carbonyl (C=O) groups excluding carboxylic acids is 1. The summed E-state index contributed by atoms with van der Waals surface area (Å²) in [5.41, 5.74) is 3.18. The Morgan fingerprint density at radius 2 is 1.73 bits per heavy atom.